The highest BCUT2D eigenvalue weighted by Crippen LogP contribution is 2.27. The smallest absolute Gasteiger partial charge is 0.330 e. The monoisotopic (exact) mass is 272 g/mol. The van der Waals surface area contributed by atoms with Crippen LogP contribution in [0.25, 0.3) is 0 Å². The fourth-order valence-corrected chi connectivity index (χ4v) is 2.52. The zero-order valence-corrected chi connectivity index (χ0v) is 10.8. The van der Waals surface area contributed by atoms with Crippen LogP contribution in [0.5, 0.6) is 0 Å². The molecule has 0 amide bonds. The molecule has 5 heteroatoms. The summed E-state index contributed by atoms with van der Waals surface area (Å²) in [6.07, 6.45) is -2.58. The quantitative estimate of drug-likeness (QED) is 0.914. The predicted molar refractivity (Wildman–Crippen MR) is 68.9 cm³/mol. The van der Waals surface area contributed by atoms with Gasteiger partial charge in [-0.05, 0) is 24.0 Å². The second-order valence-corrected chi connectivity index (χ2v) is 5.04. The van der Waals surface area contributed by atoms with E-state index in [0.717, 1.165) is 12.8 Å². The predicted octanol–water partition coefficient (Wildman–Crippen LogP) is 2.22. The Morgan fingerprint density at radius 1 is 1.11 bits per heavy atom. The summed E-state index contributed by atoms with van der Waals surface area (Å²) in [4.78, 5) is 1.88. The first kappa shape index (κ1) is 14.3. The fraction of sp³-hybridized carbons (Fsp3) is 0.571. The highest BCUT2D eigenvalue weighted by Gasteiger charge is 2.39. The Labute approximate surface area is 111 Å². The van der Waals surface area contributed by atoms with Gasteiger partial charge in [-0.15, -0.1) is 0 Å². The Bertz CT molecular complexity index is 390. The molecule has 1 aliphatic rings. The third-order valence-corrected chi connectivity index (χ3v) is 3.74. The van der Waals surface area contributed by atoms with Crippen molar-refractivity contribution in [3.8, 4) is 0 Å². The average molecular weight is 272 g/mol. The van der Waals surface area contributed by atoms with E-state index >= 15 is 0 Å². The summed E-state index contributed by atoms with van der Waals surface area (Å²) in [5, 5.41) is 0. The highest BCUT2D eigenvalue weighted by atomic mass is 19.4. The Morgan fingerprint density at radius 2 is 1.63 bits per heavy atom. The van der Waals surface area contributed by atoms with E-state index in [1.54, 1.807) is 0 Å². The minimum atomic E-state index is -4.20. The van der Waals surface area contributed by atoms with Crippen LogP contribution in [0, 0.1) is 5.92 Å². The number of hydrogen-bond acceptors (Lipinski definition) is 2. The largest absolute Gasteiger partial charge is 0.394 e. The molecule has 0 aromatic heterocycles. The van der Waals surface area contributed by atoms with E-state index in [0.29, 0.717) is 13.1 Å². The van der Waals surface area contributed by atoms with Crippen molar-refractivity contribution in [1.82, 2.24) is 4.90 Å². The van der Waals surface area contributed by atoms with Crippen LogP contribution in [0.4, 0.5) is 13.2 Å². The van der Waals surface area contributed by atoms with Gasteiger partial charge in [0.25, 0.3) is 0 Å². The molecule has 0 saturated heterocycles. The molecular formula is C14H19F3N2. The van der Waals surface area contributed by atoms with Gasteiger partial charge in [-0.25, -0.2) is 0 Å². The number of halogens is 3. The lowest BCUT2D eigenvalue weighted by Gasteiger charge is -2.26. The second kappa shape index (κ2) is 5.92. The molecule has 1 heterocycles. The van der Waals surface area contributed by atoms with Crippen molar-refractivity contribution in [3.05, 3.63) is 35.4 Å². The molecule has 1 aliphatic heterocycles. The normalized spacial score (nSPS) is 18.7. The Morgan fingerprint density at radius 3 is 2.05 bits per heavy atom. The van der Waals surface area contributed by atoms with Gasteiger partial charge in [0.2, 0.25) is 0 Å². The second-order valence-electron chi connectivity index (χ2n) is 5.04. The molecule has 2 rings (SSSR count). The summed E-state index contributed by atoms with van der Waals surface area (Å²) in [6.45, 7) is 1.01. The van der Waals surface area contributed by atoms with Gasteiger partial charge in [-0.1, -0.05) is 24.3 Å². The number of hydrogen-bond donors (Lipinski definition) is 1. The zero-order valence-electron chi connectivity index (χ0n) is 10.8. The van der Waals surface area contributed by atoms with Gasteiger partial charge in [-0.3, -0.25) is 0 Å². The number of nitrogens with two attached hydrogens (primary N) is 1. The van der Waals surface area contributed by atoms with E-state index < -0.39 is 12.1 Å². The van der Waals surface area contributed by atoms with Gasteiger partial charge < -0.3 is 10.6 Å². The van der Waals surface area contributed by atoms with E-state index in [1.807, 2.05) is 17.0 Å². The number of rotatable bonds is 3. The lowest BCUT2D eigenvalue weighted by atomic mass is 10.0. The van der Waals surface area contributed by atoms with Crippen molar-refractivity contribution in [1.29, 1.82) is 0 Å². The van der Waals surface area contributed by atoms with E-state index in [9.17, 15) is 13.2 Å². The van der Waals surface area contributed by atoms with Gasteiger partial charge >= 0.3 is 6.18 Å². The third kappa shape index (κ3) is 3.70. The number of alkyl halides is 3. The standard InChI is InChI=1S/C14H19F3N2/c15-14(16,17)13(9-18)10-19-7-5-11-3-1-2-4-12(11)6-8-19/h1-4,13H,5-10,18H2. The molecule has 1 unspecified atom stereocenters. The van der Waals surface area contributed by atoms with Crippen LogP contribution in [0.1, 0.15) is 11.1 Å². The van der Waals surface area contributed by atoms with E-state index in [4.69, 9.17) is 5.73 Å². The van der Waals surface area contributed by atoms with E-state index in [2.05, 4.69) is 12.1 Å². The van der Waals surface area contributed by atoms with Gasteiger partial charge in [0.1, 0.15) is 0 Å². The average Bonchev–Trinajstić information content (AvgIpc) is 2.57. The number of benzene rings is 1. The molecule has 0 bridgehead atoms. The SMILES string of the molecule is NCC(CN1CCc2ccccc2CC1)C(F)(F)F. The molecule has 0 fully saturated rings. The first-order chi connectivity index (χ1) is 9.00. The van der Waals surface area contributed by atoms with Crippen molar-refractivity contribution in [2.24, 2.45) is 11.7 Å². The summed E-state index contributed by atoms with van der Waals surface area (Å²) < 4.78 is 38.2. The van der Waals surface area contributed by atoms with Crippen LogP contribution in [0.15, 0.2) is 24.3 Å². The Hall–Kier alpha value is -1.07. The third-order valence-electron chi connectivity index (χ3n) is 3.74. The van der Waals surface area contributed by atoms with Crippen molar-refractivity contribution in [2.75, 3.05) is 26.2 Å². The van der Waals surface area contributed by atoms with E-state index in [-0.39, 0.29) is 13.1 Å². The van der Waals surface area contributed by atoms with Crippen LogP contribution in [0.3, 0.4) is 0 Å². The molecular weight excluding hydrogens is 253 g/mol. The van der Waals surface area contributed by atoms with Crippen LogP contribution < -0.4 is 5.73 Å². The molecule has 0 spiro atoms. The molecule has 2 N–H and O–H groups in total. The first-order valence-electron chi connectivity index (χ1n) is 6.56. The maximum atomic E-state index is 12.7. The topological polar surface area (TPSA) is 29.3 Å². The number of nitrogens with zero attached hydrogens (tertiary/aromatic N) is 1. The summed E-state index contributed by atoms with van der Waals surface area (Å²) >= 11 is 0. The molecule has 0 aliphatic carbocycles. The zero-order chi connectivity index (χ0) is 13.9. The lowest BCUT2D eigenvalue weighted by molar-refractivity contribution is -0.176. The Balaban J connectivity index is 1.98. The van der Waals surface area contributed by atoms with Crippen molar-refractivity contribution in [2.45, 2.75) is 19.0 Å². The number of fused-ring (bicyclic) bond motifs is 1. The van der Waals surface area contributed by atoms with Gasteiger partial charge in [-0.2, -0.15) is 13.2 Å². The first-order valence-corrected chi connectivity index (χ1v) is 6.56. The molecule has 1 atom stereocenters. The summed E-state index contributed by atoms with van der Waals surface area (Å²) in [5.41, 5.74) is 7.76. The molecule has 1 aromatic rings. The van der Waals surface area contributed by atoms with Gasteiger partial charge in [0.15, 0.2) is 0 Å². The summed E-state index contributed by atoms with van der Waals surface area (Å²) in [7, 11) is 0. The molecule has 1 aromatic carbocycles. The van der Waals surface area contributed by atoms with Gasteiger partial charge in [0.05, 0.1) is 5.92 Å². The van der Waals surface area contributed by atoms with Crippen molar-refractivity contribution in [3.63, 3.8) is 0 Å². The highest BCUT2D eigenvalue weighted by molar-refractivity contribution is 5.28. The molecule has 2 nitrogen and oxygen atoms in total. The minimum absolute atomic E-state index is 0.00793. The van der Waals surface area contributed by atoms with Crippen molar-refractivity contribution >= 4 is 0 Å². The fourth-order valence-electron chi connectivity index (χ4n) is 2.52. The maximum Gasteiger partial charge on any atom is 0.394 e. The summed E-state index contributed by atoms with van der Waals surface area (Å²) in [5.74, 6) is -1.42. The van der Waals surface area contributed by atoms with E-state index in [1.165, 1.54) is 11.1 Å². The van der Waals surface area contributed by atoms with Crippen LogP contribution in [-0.4, -0.2) is 37.3 Å². The molecule has 19 heavy (non-hydrogen) atoms. The molecule has 106 valence electrons. The maximum absolute atomic E-state index is 12.7. The van der Waals surface area contributed by atoms with Crippen molar-refractivity contribution < 1.29 is 13.2 Å². The lowest BCUT2D eigenvalue weighted by Crippen LogP contribution is -2.41. The Kier molecular flexibility index (Phi) is 4.47. The summed E-state index contributed by atoms with van der Waals surface area (Å²) in [6, 6.07) is 8.08. The van der Waals surface area contributed by atoms with Crippen LogP contribution in [0.2, 0.25) is 0 Å². The molecule has 0 radical (unpaired) electrons. The minimum Gasteiger partial charge on any atom is -0.330 e. The molecule has 0 saturated carbocycles. The van der Waals surface area contributed by atoms with Crippen LogP contribution >= 0.6 is 0 Å². The van der Waals surface area contributed by atoms with Gasteiger partial charge in [0, 0.05) is 26.2 Å². The van der Waals surface area contributed by atoms with Crippen LogP contribution in [-0.2, 0) is 12.8 Å².